The lowest BCUT2D eigenvalue weighted by atomic mass is 9.89. The molecular formula is C21H32N2O5. The average Bonchev–Trinajstić information content (AvgIpc) is 2.68. The molecule has 0 aromatic rings. The van der Waals surface area contributed by atoms with Gasteiger partial charge in [0.25, 0.3) is 0 Å². The van der Waals surface area contributed by atoms with E-state index in [1.54, 1.807) is 12.3 Å². The normalized spacial score (nSPS) is 18.5. The van der Waals surface area contributed by atoms with Gasteiger partial charge in [-0.05, 0) is 24.8 Å². The van der Waals surface area contributed by atoms with Gasteiger partial charge in [-0.3, -0.25) is 4.79 Å². The average molecular weight is 392 g/mol. The molecule has 1 aliphatic rings. The fourth-order valence-electron chi connectivity index (χ4n) is 3.29. The number of hydrogen-bond acceptors (Lipinski definition) is 6. The van der Waals surface area contributed by atoms with Gasteiger partial charge in [0.1, 0.15) is 6.54 Å². The zero-order valence-corrected chi connectivity index (χ0v) is 17.5. The molecule has 0 radical (unpaired) electrons. The van der Waals surface area contributed by atoms with Crippen LogP contribution in [0.15, 0.2) is 24.0 Å². The molecule has 0 bridgehead atoms. The molecule has 1 heterocycles. The summed E-state index contributed by atoms with van der Waals surface area (Å²) in [6.45, 7) is 8.70. The second-order valence-corrected chi connectivity index (χ2v) is 7.43. The maximum absolute atomic E-state index is 11.2. The van der Waals surface area contributed by atoms with E-state index in [0.29, 0.717) is 32.2 Å². The van der Waals surface area contributed by atoms with Crippen LogP contribution in [-0.2, 0) is 23.8 Å². The Morgan fingerprint density at radius 2 is 2.07 bits per heavy atom. The molecule has 0 saturated carbocycles. The number of nitriles is 1. The van der Waals surface area contributed by atoms with Crippen molar-refractivity contribution in [2.45, 2.75) is 58.8 Å². The molecule has 1 atom stereocenters. The molecule has 0 unspecified atom stereocenters. The van der Waals surface area contributed by atoms with Crippen LogP contribution in [0.5, 0.6) is 0 Å². The Kier molecular flexibility index (Phi) is 9.74. The van der Waals surface area contributed by atoms with Crippen molar-refractivity contribution in [1.29, 1.82) is 5.26 Å². The molecule has 7 nitrogen and oxygen atoms in total. The maximum atomic E-state index is 11.2. The predicted octanol–water partition coefficient (Wildman–Crippen LogP) is 3.18. The summed E-state index contributed by atoms with van der Waals surface area (Å²) in [6, 6.07) is 1.99. The molecule has 156 valence electrons. The SMILES string of the molecule is COC(=O)/C=C/CCC1=COC(C(C)C)(C(C)C)O[C@@H]1CCN(C=O)CC#N. The fourth-order valence-corrected chi connectivity index (χ4v) is 3.29. The molecule has 0 saturated heterocycles. The predicted molar refractivity (Wildman–Crippen MR) is 105 cm³/mol. The van der Waals surface area contributed by atoms with Gasteiger partial charge >= 0.3 is 5.97 Å². The van der Waals surface area contributed by atoms with Gasteiger partial charge in [0, 0.05) is 24.5 Å². The lowest BCUT2D eigenvalue weighted by molar-refractivity contribution is -0.289. The number of methoxy groups -OCH3 is 1. The summed E-state index contributed by atoms with van der Waals surface area (Å²) >= 11 is 0. The number of esters is 1. The topological polar surface area (TPSA) is 88.9 Å². The van der Waals surface area contributed by atoms with Gasteiger partial charge in [0.2, 0.25) is 12.2 Å². The number of amides is 1. The summed E-state index contributed by atoms with van der Waals surface area (Å²) in [7, 11) is 1.34. The zero-order valence-electron chi connectivity index (χ0n) is 17.5. The van der Waals surface area contributed by atoms with Gasteiger partial charge in [-0.2, -0.15) is 5.26 Å². The Balaban J connectivity index is 2.93. The fraction of sp³-hybridized carbons (Fsp3) is 0.667. The van der Waals surface area contributed by atoms with E-state index in [1.165, 1.54) is 18.1 Å². The molecule has 0 aliphatic carbocycles. The van der Waals surface area contributed by atoms with Crippen molar-refractivity contribution >= 4 is 12.4 Å². The van der Waals surface area contributed by atoms with E-state index < -0.39 is 11.8 Å². The molecule has 1 amide bonds. The maximum Gasteiger partial charge on any atom is 0.330 e. The Morgan fingerprint density at radius 1 is 1.39 bits per heavy atom. The van der Waals surface area contributed by atoms with E-state index in [4.69, 9.17) is 14.7 Å². The summed E-state index contributed by atoms with van der Waals surface area (Å²) in [5, 5.41) is 8.84. The first-order valence-electron chi connectivity index (χ1n) is 9.66. The van der Waals surface area contributed by atoms with Crippen molar-refractivity contribution in [3.63, 3.8) is 0 Å². The number of allylic oxidation sites excluding steroid dienone is 1. The van der Waals surface area contributed by atoms with Crippen LogP contribution < -0.4 is 0 Å². The highest BCUT2D eigenvalue weighted by Gasteiger charge is 2.45. The highest BCUT2D eigenvalue weighted by molar-refractivity contribution is 5.81. The minimum atomic E-state index is -0.739. The first-order chi connectivity index (χ1) is 13.3. The third kappa shape index (κ3) is 6.38. The largest absolute Gasteiger partial charge is 0.469 e. The second kappa shape index (κ2) is 11.5. The lowest BCUT2D eigenvalue weighted by Gasteiger charge is -2.46. The standard InChI is InChI=1S/C21H32N2O5/c1-16(2)21(17(3)4)27-14-18(8-6-7-9-20(25)26-5)19(28-21)10-12-23(15-24)13-11-22/h7,9,14-17,19H,6,8,10,12-13H2,1-5H3/b9-7+/t19-/m1/s1. The van der Waals surface area contributed by atoms with E-state index in [1.807, 2.05) is 6.07 Å². The minimum absolute atomic E-state index is 0.0487. The number of hydrogen-bond donors (Lipinski definition) is 0. The van der Waals surface area contributed by atoms with Crippen LogP contribution >= 0.6 is 0 Å². The van der Waals surface area contributed by atoms with Crippen molar-refractivity contribution in [3.05, 3.63) is 24.0 Å². The molecule has 0 aromatic carbocycles. The van der Waals surface area contributed by atoms with E-state index in [2.05, 4.69) is 32.4 Å². The van der Waals surface area contributed by atoms with E-state index in [9.17, 15) is 9.59 Å². The van der Waals surface area contributed by atoms with Gasteiger partial charge in [0.05, 0.1) is 25.5 Å². The molecule has 1 rings (SSSR count). The Hall–Kier alpha value is -2.33. The summed E-state index contributed by atoms with van der Waals surface area (Å²) in [6.07, 6.45) is 7.24. The first-order valence-corrected chi connectivity index (χ1v) is 9.66. The van der Waals surface area contributed by atoms with Crippen molar-refractivity contribution in [1.82, 2.24) is 4.90 Å². The van der Waals surface area contributed by atoms with Crippen molar-refractivity contribution in [2.75, 3.05) is 20.2 Å². The first kappa shape index (κ1) is 23.7. The third-order valence-electron chi connectivity index (χ3n) is 4.90. The number of carbonyl (C=O) groups is 2. The third-order valence-corrected chi connectivity index (χ3v) is 4.90. The van der Waals surface area contributed by atoms with Crippen LogP contribution in [0.1, 0.15) is 47.0 Å². The van der Waals surface area contributed by atoms with Gasteiger partial charge < -0.3 is 19.1 Å². The highest BCUT2D eigenvalue weighted by Crippen LogP contribution is 2.39. The van der Waals surface area contributed by atoms with Crippen LogP contribution in [0, 0.1) is 23.2 Å². The molecule has 1 aliphatic heterocycles. The van der Waals surface area contributed by atoms with Crippen LogP contribution in [0.4, 0.5) is 0 Å². The van der Waals surface area contributed by atoms with E-state index in [-0.39, 0.29) is 24.5 Å². The molecule has 0 spiro atoms. The quantitative estimate of drug-likeness (QED) is 0.232. The number of nitrogens with zero attached hydrogens (tertiary/aromatic N) is 2. The van der Waals surface area contributed by atoms with Crippen LogP contribution in [0.3, 0.4) is 0 Å². The molecule has 0 N–H and O–H groups in total. The Bertz CT molecular complexity index is 611. The smallest absolute Gasteiger partial charge is 0.330 e. The van der Waals surface area contributed by atoms with Gasteiger partial charge in [-0.1, -0.05) is 33.8 Å². The van der Waals surface area contributed by atoms with Crippen LogP contribution in [-0.4, -0.2) is 49.4 Å². The van der Waals surface area contributed by atoms with Gasteiger partial charge in [0.15, 0.2) is 0 Å². The van der Waals surface area contributed by atoms with Gasteiger partial charge in [-0.25, -0.2) is 4.79 Å². The molecule has 0 fully saturated rings. The van der Waals surface area contributed by atoms with Crippen molar-refractivity contribution in [2.24, 2.45) is 11.8 Å². The summed E-state index contributed by atoms with van der Waals surface area (Å²) < 4.78 is 17.1. The number of rotatable bonds is 11. The highest BCUT2D eigenvalue weighted by atomic mass is 16.7. The summed E-state index contributed by atoms with van der Waals surface area (Å²) in [5.74, 6) is -0.864. The van der Waals surface area contributed by atoms with E-state index in [0.717, 1.165) is 5.57 Å². The Morgan fingerprint density at radius 3 is 2.61 bits per heavy atom. The minimum Gasteiger partial charge on any atom is -0.469 e. The summed E-state index contributed by atoms with van der Waals surface area (Å²) in [4.78, 5) is 23.8. The summed E-state index contributed by atoms with van der Waals surface area (Å²) in [5.41, 5.74) is 0.967. The lowest BCUT2D eigenvalue weighted by Crippen LogP contribution is -2.51. The molecule has 28 heavy (non-hydrogen) atoms. The van der Waals surface area contributed by atoms with Crippen molar-refractivity contribution in [3.8, 4) is 6.07 Å². The number of carbonyl (C=O) groups excluding carboxylic acids is 2. The second-order valence-electron chi connectivity index (χ2n) is 7.43. The van der Waals surface area contributed by atoms with Crippen LogP contribution in [0.2, 0.25) is 0 Å². The zero-order chi connectivity index (χ0) is 21.2. The van der Waals surface area contributed by atoms with E-state index >= 15 is 0 Å². The molecular weight excluding hydrogens is 360 g/mol. The molecule has 0 aromatic heterocycles. The Labute approximate surface area is 167 Å². The van der Waals surface area contributed by atoms with Crippen molar-refractivity contribution < 1.29 is 23.8 Å². The van der Waals surface area contributed by atoms with Crippen LogP contribution in [0.25, 0.3) is 0 Å². The van der Waals surface area contributed by atoms with Gasteiger partial charge in [-0.15, -0.1) is 0 Å². The number of ether oxygens (including phenoxy) is 3. The molecule has 7 heteroatoms. The monoisotopic (exact) mass is 392 g/mol.